The van der Waals surface area contributed by atoms with Gasteiger partial charge in [0.2, 0.25) is 0 Å². The molecular formula is C18H17F2NO4. The van der Waals surface area contributed by atoms with Crippen LogP contribution in [0.25, 0.3) is 0 Å². The van der Waals surface area contributed by atoms with Crippen molar-refractivity contribution in [3.8, 4) is 17.2 Å². The van der Waals surface area contributed by atoms with Crippen LogP contribution >= 0.6 is 0 Å². The Morgan fingerprint density at radius 2 is 1.80 bits per heavy atom. The molecule has 25 heavy (non-hydrogen) atoms. The molecular weight excluding hydrogens is 332 g/mol. The Bertz CT molecular complexity index is 832. The number of benzene rings is 2. The summed E-state index contributed by atoms with van der Waals surface area (Å²) >= 11 is 0. The van der Waals surface area contributed by atoms with E-state index in [0.717, 1.165) is 18.2 Å². The molecule has 5 nitrogen and oxygen atoms in total. The SMILES string of the molecule is CC1CC1(CNC(=O)c1cc(O)c(O)c(O)c1)c1ccc(F)cc1F. The van der Waals surface area contributed by atoms with Gasteiger partial charge in [-0.25, -0.2) is 8.78 Å². The first kappa shape index (κ1) is 17.0. The largest absolute Gasteiger partial charge is 0.504 e. The maximum Gasteiger partial charge on any atom is 0.251 e. The highest BCUT2D eigenvalue weighted by atomic mass is 19.1. The van der Waals surface area contributed by atoms with Gasteiger partial charge < -0.3 is 20.6 Å². The van der Waals surface area contributed by atoms with E-state index in [0.29, 0.717) is 12.0 Å². The van der Waals surface area contributed by atoms with E-state index in [4.69, 9.17) is 0 Å². The number of rotatable bonds is 4. The molecule has 2 atom stereocenters. The fraction of sp³-hybridized carbons (Fsp3) is 0.278. The summed E-state index contributed by atoms with van der Waals surface area (Å²) in [6.45, 7) is 2.03. The van der Waals surface area contributed by atoms with Crippen LogP contribution < -0.4 is 5.32 Å². The molecule has 0 bridgehead atoms. The van der Waals surface area contributed by atoms with Crippen molar-refractivity contribution in [2.24, 2.45) is 5.92 Å². The van der Waals surface area contributed by atoms with Gasteiger partial charge in [0.15, 0.2) is 17.2 Å². The number of phenols is 3. The molecule has 2 unspecified atom stereocenters. The van der Waals surface area contributed by atoms with E-state index in [9.17, 15) is 28.9 Å². The van der Waals surface area contributed by atoms with Crippen molar-refractivity contribution in [2.45, 2.75) is 18.8 Å². The molecule has 0 radical (unpaired) electrons. The van der Waals surface area contributed by atoms with E-state index in [-0.39, 0.29) is 18.0 Å². The smallest absolute Gasteiger partial charge is 0.251 e. The van der Waals surface area contributed by atoms with Gasteiger partial charge in [0.1, 0.15) is 11.6 Å². The molecule has 7 heteroatoms. The van der Waals surface area contributed by atoms with E-state index in [2.05, 4.69) is 5.32 Å². The molecule has 3 rings (SSSR count). The third kappa shape index (κ3) is 2.97. The van der Waals surface area contributed by atoms with Crippen molar-refractivity contribution in [1.82, 2.24) is 5.32 Å². The summed E-state index contributed by atoms with van der Waals surface area (Å²) in [5.74, 6) is -3.76. The average molecular weight is 349 g/mol. The molecule has 0 aromatic heterocycles. The highest BCUT2D eigenvalue weighted by Crippen LogP contribution is 2.54. The summed E-state index contributed by atoms with van der Waals surface area (Å²) < 4.78 is 27.2. The number of halogens is 2. The van der Waals surface area contributed by atoms with Crippen LogP contribution in [-0.4, -0.2) is 27.8 Å². The minimum atomic E-state index is -0.711. The van der Waals surface area contributed by atoms with Crippen LogP contribution in [-0.2, 0) is 5.41 Å². The monoisotopic (exact) mass is 349 g/mol. The molecule has 1 aliphatic carbocycles. The van der Waals surface area contributed by atoms with Gasteiger partial charge in [0.05, 0.1) is 0 Å². The second-order valence-corrected chi connectivity index (χ2v) is 6.43. The van der Waals surface area contributed by atoms with Crippen molar-refractivity contribution in [3.63, 3.8) is 0 Å². The maximum absolute atomic E-state index is 14.1. The van der Waals surface area contributed by atoms with E-state index in [1.807, 2.05) is 6.92 Å². The minimum Gasteiger partial charge on any atom is -0.504 e. The van der Waals surface area contributed by atoms with Crippen LogP contribution in [0.5, 0.6) is 17.2 Å². The van der Waals surface area contributed by atoms with Gasteiger partial charge in [-0.1, -0.05) is 13.0 Å². The second-order valence-electron chi connectivity index (χ2n) is 6.43. The predicted molar refractivity (Wildman–Crippen MR) is 85.6 cm³/mol. The topological polar surface area (TPSA) is 89.8 Å². The molecule has 4 N–H and O–H groups in total. The van der Waals surface area contributed by atoms with Crippen molar-refractivity contribution >= 4 is 5.91 Å². The zero-order chi connectivity index (χ0) is 18.4. The molecule has 1 aliphatic rings. The van der Waals surface area contributed by atoms with Gasteiger partial charge in [-0.2, -0.15) is 0 Å². The molecule has 0 aliphatic heterocycles. The van der Waals surface area contributed by atoms with Crippen molar-refractivity contribution in [2.75, 3.05) is 6.54 Å². The Kier molecular flexibility index (Phi) is 4.02. The van der Waals surface area contributed by atoms with Crippen LogP contribution in [0.1, 0.15) is 29.3 Å². The van der Waals surface area contributed by atoms with Gasteiger partial charge in [0.25, 0.3) is 5.91 Å². The Morgan fingerprint density at radius 1 is 1.20 bits per heavy atom. The molecule has 1 amide bonds. The lowest BCUT2D eigenvalue weighted by Gasteiger charge is -2.19. The molecule has 1 fully saturated rings. The molecule has 0 spiro atoms. The second kappa shape index (κ2) is 5.91. The first-order valence-corrected chi connectivity index (χ1v) is 7.73. The quantitative estimate of drug-likeness (QED) is 0.639. The van der Waals surface area contributed by atoms with Gasteiger partial charge in [0, 0.05) is 23.6 Å². The number of aromatic hydroxyl groups is 3. The zero-order valence-corrected chi connectivity index (χ0v) is 13.4. The molecule has 2 aromatic rings. The lowest BCUT2D eigenvalue weighted by molar-refractivity contribution is 0.0948. The first-order valence-electron chi connectivity index (χ1n) is 7.73. The van der Waals surface area contributed by atoms with Gasteiger partial charge in [-0.15, -0.1) is 0 Å². The number of hydrogen-bond donors (Lipinski definition) is 4. The Labute approximate surface area is 142 Å². The summed E-state index contributed by atoms with van der Waals surface area (Å²) in [6, 6.07) is 5.43. The first-order chi connectivity index (χ1) is 11.7. The summed E-state index contributed by atoms with van der Waals surface area (Å²) in [5, 5.41) is 30.9. The number of phenolic OH excluding ortho intramolecular Hbond substituents is 3. The van der Waals surface area contributed by atoms with Gasteiger partial charge in [-0.05, 0) is 36.1 Å². The predicted octanol–water partition coefficient (Wildman–Crippen LogP) is 2.79. The molecule has 132 valence electrons. The van der Waals surface area contributed by atoms with E-state index < -0.39 is 40.2 Å². The van der Waals surface area contributed by atoms with Crippen LogP contribution in [0.15, 0.2) is 30.3 Å². The van der Waals surface area contributed by atoms with Crippen LogP contribution in [0, 0.1) is 17.6 Å². The third-order valence-electron chi connectivity index (χ3n) is 4.82. The van der Waals surface area contributed by atoms with Crippen LogP contribution in [0.4, 0.5) is 8.78 Å². The lowest BCUT2D eigenvalue weighted by Crippen LogP contribution is -2.33. The van der Waals surface area contributed by atoms with Crippen molar-refractivity contribution in [3.05, 3.63) is 53.1 Å². The van der Waals surface area contributed by atoms with Gasteiger partial charge in [-0.3, -0.25) is 4.79 Å². The van der Waals surface area contributed by atoms with E-state index >= 15 is 0 Å². The summed E-state index contributed by atoms with van der Waals surface area (Å²) in [6.07, 6.45) is 0.641. The zero-order valence-electron chi connectivity index (χ0n) is 13.4. The Morgan fingerprint density at radius 3 is 2.32 bits per heavy atom. The van der Waals surface area contributed by atoms with Crippen molar-refractivity contribution in [1.29, 1.82) is 0 Å². The Hall–Kier alpha value is -2.83. The number of nitrogens with one attached hydrogen (secondary N) is 1. The third-order valence-corrected chi connectivity index (χ3v) is 4.82. The number of carbonyl (C=O) groups excluding carboxylic acids is 1. The minimum absolute atomic E-state index is 0.0455. The summed E-state index contributed by atoms with van der Waals surface area (Å²) in [5.41, 5.74) is -0.317. The fourth-order valence-corrected chi connectivity index (χ4v) is 3.17. The highest BCUT2D eigenvalue weighted by molar-refractivity contribution is 5.95. The summed E-state index contributed by atoms with van der Waals surface area (Å²) in [7, 11) is 0. The van der Waals surface area contributed by atoms with Crippen LogP contribution in [0.2, 0.25) is 0 Å². The van der Waals surface area contributed by atoms with Crippen molar-refractivity contribution < 1.29 is 28.9 Å². The summed E-state index contributed by atoms with van der Waals surface area (Å²) in [4.78, 5) is 12.2. The molecule has 0 saturated heterocycles. The molecule has 2 aromatic carbocycles. The lowest BCUT2D eigenvalue weighted by atomic mass is 9.92. The van der Waals surface area contributed by atoms with E-state index in [1.165, 1.54) is 12.1 Å². The number of amides is 1. The number of hydrogen-bond acceptors (Lipinski definition) is 4. The highest BCUT2D eigenvalue weighted by Gasteiger charge is 2.53. The molecule has 0 heterocycles. The van der Waals surface area contributed by atoms with Gasteiger partial charge >= 0.3 is 0 Å². The standard InChI is InChI=1S/C18H17F2NO4/c1-9-7-18(9,12-3-2-11(19)6-13(12)20)8-21-17(25)10-4-14(22)16(24)15(23)5-10/h2-6,9,22-24H,7-8H2,1H3,(H,21,25). The average Bonchev–Trinajstić information content (AvgIpc) is 3.20. The van der Waals surface area contributed by atoms with Crippen LogP contribution in [0.3, 0.4) is 0 Å². The van der Waals surface area contributed by atoms with E-state index in [1.54, 1.807) is 0 Å². The Balaban J connectivity index is 1.79. The normalized spacial score (nSPS) is 21.8. The number of carbonyl (C=O) groups is 1. The maximum atomic E-state index is 14.1. The fourth-order valence-electron chi connectivity index (χ4n) is 3.17. The molecule has 1 saturated carbocycles.